The zero-order chi connectivity index (χ0) is 13.8. The number of rotatable bonds is 4. The second kappa shape index (κ2) is 5.51. The van der Waals surface area contributed by atoms with E-state index in [0.29, 0.717) is 23.7 Å². The van der Waals surface area contributed by atoms with E-state index in [2.05, 4.69) is 20.5 Å². The highest BCUT2D eigenvalue weighted by molar-refractivity contribution is 5.96. The van der Waals surface area contributed by atoms with Crippen LogP contribution in [0.25, 0.3) is 0 Å². The molecule has 0 aliphatic heterocycles. The average Bonchev–Trinajstić information content (AvgIpc) is 2.76. The Hall–Kier alpha value is -2.37. The molecular formula is C13H16N4O2. The summed E-state index contributed by atoms with van der Waals surface area (Å²) in [7, 11) is 1.55. The van der Waals surface area contributed by atoms with Gasteiger partial charge in [-0.15, -0.1) is 0 Å². The molecule has 2 N–H and O–H groups in total. The number of aryl methyl sites for hydroxylation is 2. The number of aromatic amines is 1. The van der Waals surface area contributed by atoms with Crippen LogP contribution in [0.1, 0.15) is 27.3 Å². The summed E-state index contributed by atoms with van der Waals surface area (Å²) in [6, 6.07) is 3.67. The summed E-state index contributed by atoms with van der Waals surface area (Å²) in [4.78, 5) is 16.2. The lowest BCUT2D eigenvalue weighted by Crippen LogP contribution is -2.24. The minimum Gasteiger partial charge on any atom is -0.481 e. The van der Waals surface area contributed by atoms with Gasteiger partial charge in [0.2, 0.25) is 5.88 Å². The number of pyridine rings is 1. The monoisotopic (exact) mass is 260 g/mol. The first-order chi connectivity index (χ1) is 9.13. The Morgan fingerprint density at radius 1 is 1.47 bits per heavy atom. The lowest BCUT2D eigenvalue weighted by Gasteiger charge is -2.08. The van der Waals surface area contributed by atoms with E-state index in [9.17, 15) is 4.79 Å². The molecule has 0 aliphatic rings. The quantitative estimate of drug-likeness (QED) is 0.869. The second-order valence-corrected chi connectivity index (χ2v) is 4.16. The third kappa shape index (κ3) is 2.73. The molecule has 0 aromatic carbocycles. The molecule has 0 aliphatic carbocycles. The van der Waals surface area contributed by atoms with Crippen molar-refractivity contribution in [3.63, 3.8) is 0 Å². The van der Waals surface area contributed by atoms with E-state index in [-0.39, 0.29) is 5.91 Å². The first kappa shape index (κ1) is 13.1. The van der Waals surface area contributed by atoms with Crippen molar-refractivity contribution in [2.24, 2.45) is 0 Å². The molecule has 0 spiro atoms. The van der Waals surface area contributed by atoms with E-state index in [1.165, 1.54) is 0 Å². The molecule has 2 aromatic heterocycles. The van der Waals surface area contributed by atoms with Crippen molar-refractivity contribution in [2.75, 3.05) is 7.11 Å². The highest BCUT2D eigenvalue weighted by Gasteiger charge is 2.15. The highest BCUT2D eigenvalue weighted by Crippen LogP contribution is 2.14. The maximum atomic E-state index is 12.1. The van der Waals surface area contributed by atoms with Gasteiger partial charge in [-0.2, -0.15) is 5.10 Å². The number of hydrogen-bond acceptors (Lipinski definition) is 4. The number of amides is 1. The van der Waals surface area contributed by atoms with Crippen LogP contribution in [0, 0.1) is 13.8 Å². The molecule has 100 valence electrons. The number of nitrogens with zero attached hydrogens (tertiary/aromatic N) is 2. The molecule has 2 aromatic rings. The maximum Gasteiger partial charge on any atom is 0.255 e. The lowest BCUT2D eigenvalue weighted by molar-refractivity contribution is 0.0949. The van der Waals surface area contributed by atoms with Crippen molar-refractivity contribution in [1.82, 2.24) is 20.5 Å². The van der Waals surface area contributed by atoms with Gasteiger partial charge in [-0.05, 0) is 19.9 Å². The van der Waals surface area contributed by atoms with Gasteiger partial charge in [0.05, 0.1) is 18.4 Å². The first-order valence-corrected chi connectivity index (χ1v) is 5.91. The fourth-order valence-electron chi connectivity index (χ4n) is 1.89. The smallest absolute Gasteiger partial charge is 0.255 e. The van der Waals surface area contributed by atoms with Gasteiger partial charge in [0.15, 0.2) is 0 Å². The molecule has 6 heteroatoms. The summed E-state index contributed by atoms with van der Waals surface area (Å²) in [5.74, 6) is 0.359. The molecule has 0 saturated carbocycles. The van der Waals surface area contributed by atoms with Gasteiger partial charge in [0.1, 0.15) is 0 Å². The predicted molar refractivity (Wildman–Crippen MR) is 70.0 cm³/mol. The SMILES string of the molecule is COc1ncccc1CNC(=O)c1c(C)n[nH]c1C. The summed E-state index contributed by atoms with van der Waals surface area (Å²) >= 11 is 0. The Kier molecular flexibility index (Phi) is 3.79. The number of carbonyl (C=O) groups excluding carboxylic acids is 1. The van der Waals surface area contributed by atoms with E-state index in [4.69, 9.17) is 4.74 Å². The van der Waals surface area contributed by atoms with Gasteiger partial charge in [-0.1, -0.05) is 6.07 Å². The van der Waals surface area contributed by atoms with Crippen molar-refractivity contribution in [2.45, 2.75) is 20.4 Å². The van der Waals surface area contributed by atoms with Crippen LogP contribution in [-0.4, -0.2) is 28.2 Å². The van der Waals surface area contributed by atoms with Crippen LogP contribution in [0.2, 0.25) is 0 Å². The zero-order valence-electron chi connectivity index (χ0n) is 11.2. The van der Waals surface area contributed by atoms with Crippen LogP contribution in [0.4, 0.5) is 0 Å². The predicted octanol–water partition coefficient (Wildman–Crippen LogP) is 1.36. The van der Waals surface area contributed by atoms with E-state index >= 15 is 0 Å². The number of ether oxygens (including phenoxy) is 1. The van der Waals surface area contributed by atoms with E-state index < -0.39 is 0 Å². The molecule has 2 rings (SSSR count). The number of carbonyl (C=O) groups is 1. The Labute approximate surface area is 111 Å². The maximum absolute atomic E-state index is 12.1. The number of aromatic nitrogens is 3. The molecule has 0 fully saturated rings. The number of hydrogen-bond donors (Lipinski definition) is 2. The summed E-state index contributed by atoms with van der Waals surface area (Å²) in [5, 5.41) is 9.63. The van der Waals surface area contributed by atoms with Gasteiger partial charge in [0, 0.05) is 24.0 Å². The van der Waals surface area contributed by atoms with Crippen LogP contribution in [-0.2, 0) is 6.54 Å². The van der Waals surface area contributed by atoms with Gasteiger partial charge in [-0.3, -0.25) is 9.89 Å². The van der Waals surface area contributed by atoms with Gasteiger partial charge in [0.25, 0.3) is 5.91 Å². The Morgan fingerprint density at radius 3 is 2.89 bits per heavy atom. The van der Waals surface area contributed by atoms with Gasteiger partial charge >= 0.3 is 0 Å². The lowest BCUT2D eigenvalue weighted by atomic mass is 10.2. The van der Waals surface area contributed by atoms with E-state index in [1.54, 1.807) is 26.3 Å². The van der Waals surface area contributed by atoms with E-state index in [1.807, 2.05) is 13.0 Å². The summed E-state index contributed by atoms with van der Waals surface area (Å²) < 4.78 is 5.13. The van der Waals surface area contributed by atoms with Crippen molar-refractivity contribution >= 4 is 5.91 Å². The topological polar surface area (TPSA) is 79.9 Å². The van der Waals surface area contributed by atoms with Gasteiger partial charge < -0.3 is 10.1 Å². The van der Waals surface area contributed by atoms with Crippen LogP contribution in [0.3, 0.4) is 0 Å². The molecule has 0 saturated heterocycles. The van der Waals surface area contributed by atoms with Gasteiger partial charge in [-0.25, -0.2) is 4.98 Å². The first-order valence-electron chi connectivity index (χ1n) is 5.91. The number of nitrogens with one attached hydrogen (secondary N) is 2. The largest absolute Gasteiger partial charge is 0.481 e. The third-order valence-electron chi connectivity index (χ3n) is 2.84. The average molecular weight is 260 g/mol. The summed E-state index contributed by atoms with van der Waals surface area (Å²) in [6.07, 6.45) is 1.65. The molecule has 0 atom stereocenters. The van der Waals surface area contributed by atoms with Crippen LogP contribution in [0.5, 0.6) is 5.88 Å². The molecule has 2 heterocycles. The Bertz CT molecular complexity index is 573. The fourth-order valence-corrected chi connectivity index (χ4v) is 1.89. The number of methoxy groups -OCH3 is 1. The zero-order valence-corrected chi connectivity index (χ0v) is 11.2. The molecule has 1 amide bonds. The van der Waals surface area contributed by atoms with Crippen LogP contribution < -0.4 is 10.1 Å². The Morgan fingerprint density at radius 2 is 2.26 bits per heavy atom. The molecule has 0 bridgehead atoms. The normalized spacial score (nSPS) is 10.3. The van der Waals surface area contributed by atoms with Crippen molar-refractivity contribution < 1.29 is 9.53 Å². The highest BCUT2D eigenvalue weighted by atomic mass is 16.5. The van der Waals surface area contributed by atoms with Crippen molar-refractivity contribution in [3.8, 4) is 5.88 Å². The van der Waals surface area contributed by atoms with Crippen molar-refractivity contribution in [3.05, 3.63) is 40.8 Å². The van der Waals surface area contributed by atoms with Crippen LogP contribution >= 0.6 is 0 Å². The Balaban J connectivity index is 2.09. The summed E-state index contributed by atoms with van der Waals surface area (Å²) in [6.45, 7) is 3.97. The van der Waals surface area contributed by atoms with E-state index in [0.717, 1.165) is 11.3 Å². The summed E-state index contributed by atoms with van der Waals surface area (Å²) in [5.41, 5.74) is 2.86. The third-order valence-corrected chi connectivity index (χ3v) is 2.84. The van der Waals surface area contributed by atoms with Crippen molar-refractivity contribution in [1.29, 1.82) is 0 Å². The standard InChI is InChI=1S/C13H16N4O2/c1-8-11(9(2)17-16-8)12(18)15-7-10-5-4-6-14-13(10)19-3/h4-6H,7H2,1-3H3,(H,15,18)(H,16,17). The molecular weight excluding hydrogens is 244 g/mol. The minimum absolute atomic E-state index is 0.158. The molecule has 6 nitrogen and oxygen atoms in total. The minimum atomic E-state index is -0.158. The fraction of sp³-hybridized carbons (Fsp3) is 0.308. The molecule has 19 heavy (non-hydrogen) atoms. The van der Waals surface area contributed by atoms with Crippen LogP contribution in [0.15, 0.2) is 18.3 Å². The number of H-pyrrole nitrogens is 1. The molecule has 0 unspecified atom stereocenters. The second-order valence-electron chi connectivity index (χ2n) is 4.16. The molecule has 0 radical (unpaired) electrons.